The van der Waals surface area contributed by atoms with Crippen molar-refractivity contribution in [2.75, 3.05) is 53.2 Å². The molecule has 0 aliphatic carbocycles. The Kier molecular flexibility index (Phi) is 8.79. The minimum atomic E-state index is -0.125. The van der Waals surface area contributed by atoms with Crippen LogP contribution in [0.3, 0.4) is 0 Å². The molecule has 2 fully saturated rings. The molecule has 2 aromatic rings. The first-order valence-electron chi connectivity index (χ1n) is 12.1. The first-order chi connectivity index (χ1) is 17.0. The summed E-state index contributed by atoms with van der Waals surface area (Å²) < 4.78 is 27.7. The summed E-state index contributed by atoms with van der Waals surface area (Å²) in [5.41, 5.74) is 2.58. The molecule has 0 spiro atoms. The Labute approximate surface area is 206 Å². The number of carbonyl (C=O) groups excluding carboxylic acids is 1. The van der Waals surface area contributed by atoms with Crippen LogP contribution in [0.15, 0.2) is 28.8 Å². The van der Waals surface area contributed by atoms with Crippen molar-refractivity contribution >= 4 is 12.0 Å². The molecule has 1 aromatic carbocycles. The van der Waals surface area contributed by atoms with Crippen LogP contribution in [0.5, 0.6) is 11.5 Å². The molecule has 4 rings (SSSR count). The maximum absolute atomic E-state index is 12.6. The molecule has 0 saturated carbocycles. The zero-order valence-electron chi connectivity index (χ0n) is 20.7. The summed E-state index contributed by atoms with van der Waals surface area (Å²) in [6.45, 7) is 9.46. The number of morpholine rings is 1. The number of benzene rings is 1. The molecule has 9 nitrogen and oxygen atoms in total. The van der Waals surface area contributed by atoms with Crippen molar-refractivity contribution in [3.8, 4) is 11.5 Å². The number of aryl methyl sites for hydroxylation is 2. The normalized spacial score (nSPS) is 19.7. The number of aromatic nitrogens is 1. The van der Waals surface area contributed by atoms with Crippen molar-refractivity contribution in [2.24, 2.45) is 5.92 Å². The highest BCUT2D eigenvalue weighted by molar-refractivity contribution is 5.91. The van der Waals surface area contributed by atoms with Crippen LogP contribution in [-0.4, -0.2) is 75.2 Å². The monoisotopic (exact) mass is 485 g/mol. The number of ether oxygens (including phenoxy) is 4. The van der Waals surface area contributed by atoms with Gasteiger partial charge in [-0.25, -0.2) is 0 Å². The van der Waals surface area contributed by atoms with Crippen molar-refractivity contribution in [1.82, 2.24) is 15.4 Å². The standard InChI is InChI=1S/C26H35N3O6/c1-18-22(19(2)35-28-18)17-34-24-6-4-20(14-25(24)31-3)5-7-26(30)27-15-23(21-8-11-33-16-21)29-9-12-32-13-10-29/h4-7,14,21,23H,8-13,15-17H2,1-3H3,(H,27,30)/b7-5+. The van der Waals surface area contributed by atoms with Crippen molar-refractivity contribution < 1.29 is 28.3 Å². The van der Waals surface area contributed by atoms with Crippen LogP contribution >= 0.6 is 0 Å². The lowest BCUT2D eigenvalue weighted by atomic mass is 9.97. The van der Waals surface area contributed by atoms with Gasteiger partial charge >= 0.3 is 0 Å². The maximum Gasteiger partial charge on any atom is 0.244 e. The van der Waals surface area contributed by atoms with Gasteiger partial charge in [-0.15, -0.1) is 0 Å². The van der Waals surface area contributed by atoms with E-state index in [0.29, 0.717) is 30.6 Å². The van der Waals surface area contributed by atoms with E-state index in [9.17, 15) is 4.79 Å². The summed E-state index contributed by atoms with van der Waals surface area (Å²) in [7, 11) is 1.59. The van der Waals surface area contributed by atoms with Gasteiger partial charge < -0.3 is 28.8 Å². The minimum Gasteiger partial charge on any atom is -0.493 e. The Hall–Kier alpha value is -2.88. The van der Waals surface area contributed by atoms with Gasteiger partial charge in [-0.3, -0.25) is 9.69 Å². The van der Waals surface area contributed by atoms with Crippen LogP contribution in [0.2, 0.25) is 0 Å². The largest absolute Gasteiger partial charge is 0.493 e. The molecule has 2 saturated heterocycles. The Morgan fingerprint density at radius 3 is 2.74 bits per heavy atom. The highest BCUT2D eigenvalue weighted by atomic mass is 16.5. The fraction of sp³-hybridized carbons (Fsp3) is 0.538. The van der Waals surface area contributed by atoms with Crippen molar-refractivity contribution in [3.05, 3.63) is 46.9 Å². The summed E-state index contributed by atoms with van der Waals surface area (Å²) in [5.74, 6) is 2.25. The van der Waals surface area contributed by atoms with E-state index in [1.165, 1.54) is 0 Å². The molecule has 0 bridgehead atoms. The molecule has 190 valence electrons. The molecular weight excluding hydrogens is 450 g/mol. The van der Waals surface area contributed by atoms with Gasteiger partial charge in [0.25, 0.3) is 0 Å². The summed E-state index contributed by atoms with van der Waals surface area (Å²) in [5, 5.41) is 7.03. The van der Waals surface area contributed by atoms with Crippen LogP contribution in [0.1, 0.15) is 29.0 Å². The van der Waals surface area contributed by atoms with E-state index in [2.05, 4.69) is 15.4 Å². The van der Waals surface area contributed by atoms with Gasteiger partial charge in [0.05, 0.1) is 38.2 Å². The number of amides is 1. The zero-order chi connectivity index (χ0) is 24.6. The molecule has 3 heterocycles. The van der Waals surface area contributed by atoms with Crippen LogP contribution in [0.4, 0.5) is 0 Å². The molecule has 1 N–H and O–H groups in total. The third-order valence-electron chi connectivity index (χ3n) is 6.68. The first-order valence-corrected chi connectivity index (χ1v) is 12.1. The lowest BCUT2D eigenvalue weighted by Gasteiger charge is -2.37. The summed E-state index contributed by atoms with van der Waals surface area (Å²) in [6, 6.07) is 5.83. The lowest BCUT2D eigenvalue weighted by molar-refractivity contribution is -0.116. The molecule has 2 aliphatic heterocycles. The second kappa shape index (κ2) is 12.2. The molecule has 1 amide bonds. The summed E-state index contributed by atoms with van der Waals surface area (Å²) in [6.07, 6.45) is 4.36. The molecule has 2 aliphatic rings. The van der Waals surface area contributed by atoms with Crippen LogP contribution in [0, 0.1) is 19.8 Å². The van der Waals surface area contributed by atoms with E-state index in [-0.39, 0.29) is 11.9 Å². The van der Waals surface area contributed by atoms with Gasteiger partial charge in [0.2, 0.25) is 5.91 Å². The van der Waals surface area contributed by atoms with E-state index in [0.717, 1.165) is 68.5 Å². The highest BCUT2D eigenvalue weighted by Crippen LogP contribution is 2.30. The smallest absolute Gasteiger partial charge is 0.244 e. The molecular formula is C26H35N3O6. The number of nitrogens with one attached hydrogen (secondary N) is 1. The third-order valence-corrected chi connectivity index (χ3v) is 6.68. The number of hydrogen-bond acceptors (Lipinski definition) is 8. The van der Waals surface area contributed by atoms with Crippen LogP contribution < -0.4 is 14.8 Å². The van der Waals surface area contributed by atoms with Crippen LogP contribution in [0.25, 0.3) is 6.08 Å². The highest BCUT2D eigenvalue weighted by Gasteiger charge is 2.31. The second-order valence-corrected chi connectivity index (χ2v) is 8.92. The molecule has 9 heteroatoms. The number of rotatable bonds is 10. The number of nitrogens with zero attached hydrogens (tertiary/aromatic N) is 2. The second-order valence-electron chi connectivity index (χ2n) is 8.92. The predicted octanol–water partition coefficient (Wildman–Crippen LogP) is 2.75. The SMILES string of the molecule is COc1cc(/C=C/C(=O)NCC(C2CCOC2)N2CCOCC2)ccc1OCc1c(C)noc1C. The quantitative estimate of drug-likeness (QED) is 0.514. The number of hydrogen-bond donors (Lipinski definition) is 1. The fourth-order valence-corrected chi connectivity index (χ4v) is 4.56. The number of carbonyl (C=O) groups is 1. The van der Waals surface area contributed by atoms with Gasteiger partial charge in [-0.05, 0) is 44.0 Å². The van der Waals surface area contributed by atoms with E-state index in [1.54, 1.807) is 19.3 Å². The van der Waals surface area contributed by atoms with Crippen molar-refractivity contribution in [2.45, 2.75) is 32.9 Å². The Morgan fingerprint density at radius 1 is 1.23 bits per heavy atom. The zero-order valence-corrected chi connectivity index (χ0v) is 20.7. The van der Waals surface area contributed by atoms with Crippen molar-refractivity contribution in [1.29, 1.82) is 0 Å². The van der Waals surface area contributed by atoms with E-state index < -0.39 is 0 Å². The van der Waals surface area contributed by atoms with Gasteiger partial charge in [0, 0.05) is 44.3 Å². The van der Waals surface area contributed by atoms with Crippen LogP contribution in [-0.2, 0) is 20.9 Å². The minimum absolute atomic E-state index is 0.125. The fourth-order valence-electron chi connectivity index (χ4n) is 4.56. The Morgan fingerprint density at radius 2 is 2.06 bits per heavy atom. The average Bonchev–Trinajstić information content (AvgIpc) is 3.52. The maximum atomic E-state index is 12.6. The van der Waals surface area contributed by atoms with Gasteiger partial charge in [-0.1, -0.05) is 11.2 Å². The summed E-state index contributed by atoms with van der Waals surface area (Å²) in [4.78, 5) is 15.0. The molecule has 35 heavy (non-hydrogen) atoms. The summed E-state index contributed by atoms with van der Waals surface area (Å²) >= 11 is 0. The van der Waals surface area contributed by atoms with E-state index in [4.69, 9.17) is 23.5 Å². The average molecular weight is 486 g/mol. The molecule has 2 unspecified atom stereocenters. The third kappa shape index (κ3) is 6.62. The Bertz CT molecular complexity index is 989. The Balaban J connectivity index is 1.33. The van der Waals surface area contributed by atoms with Gasteiger partial charge in [0.15, 0.2) is 11.5 Å². The van der Waals surface area contributed by atoms with E-state index in [1.807, 2.05) is 32.0 Å². The number of methoxy groups -OCH3 is 1. The van der Waals surface area contributed by atoms with Gasteiger partial charge in [0.1, 0.15) is 12.4 Å². The van der Waals surface area contributed by atoms with E-state index >= 15 is 0 Å². The first kappa shape index (κ1) is 25.2. The molecule has 0 radical (unpaired) electrons. The molecule has 2 atom stereocenters. The predicted molar refractivity (Wildman–Crippen MR) is 130 cm³/mol. The molecule has 1 aromatic heterocycles. The topological polar surface area (TPSA) is 95.3 Å². The van der Waals surface area contributed by atoms with Crippen molar-refractivity contribution in [3.63, 3.8) is 0 Å². The lowest BCUT2D eigenvalue weighted by Crippen LogP contribution is -2.52. The van der Waals surface area contributed by atoms with Gasteiger partial charge in [-0.2, -0.15) is 0 Å².